The van der Waals surface area contributed by atoms with Gasteiger partial charge in [0.2, 0.25) is 5.95 Å². The minimum absolute atomic E-state index is 0.446. The Kier molecular flexibility index (Phi) is 4.31. The molecule has 0 saturated heterocycles. The first kappa shape index (κ1) is 10.9. The molecule has 0 aliphatic heterocycles. The Morgan fingerprint density at radius 2 is 2.43 bits per heavy atom. The van der Waals surface area contributed by atoms with Crippen molar-refractivity contribution in [2.75, 3.05) is 29.6 Å². The normalized spacial score (nSPS) is 12.4. The second kappa shape index (κ2) is 5.54. The van der Waals surface area contributed by atoms with Gasteiger partial charge in [0.1, 0.15) is 5.82 Å². The fourth-order valence-electron chi connectivity index (χ4n) is 0.933. The third-order valence-corrected chi connectivity index (χ3v) is 2.43. The highest BCUT2D eigenvalue weighted by atomic mass is 32.2. The number of hydrogen-bond donors (Lipinski definition) is 2. The second-order valence-corrected chi connectivity index (χ2v) is 4.42. The number of nitrogens with two attached hydrogens (primary N) is 1. The Morgan fingerprint density at radius 1 is 1.64 bits per heavy atom. The predicted molar refractivity (Wildman–Crippen MR) is 58.5 cm³/mol. The van der Waals surface area contributed by atoms with E-state index in [-0.39, 0.29) is 0 Å². The fourth-order valence-corrected chi connectivity index (χ4v) is 1.48. The third kappa shape index (κ3) is 4.18. The summed E-state index contributed by atoms with van der Waals surface area (Å²) in [5.41, 5.74) is 5.47. The molecule has 1 atom stereocenters. The van der Waals surface area contributed by atoms with Gasteiger partial charge in [-0.1, -0.05) is 0 Å². The molecule has 0 spiro atoms. The van der Waals surface area contributed by atoms with Gasteiger partial charge in [0.05, 0.1) is 0 Å². The molecule has 1 aromatic heterocycles. The highest BCUT2D eigenvalue weighted by molar-refractivity contribution is 7.84. The number of hydrogen-bond acceptors (Lipinski definition) is 5. The van der Waals surface area contributed by atoms with E-state index >= 15 is 0 Å². The third-order valence-electron chi connectivity index (χ3n) is 1.57. The summed E-state index contributed by atoms with van der Waals surface area (Å²) in [5.74, 6) is 1.66. The summed E-state index contributed by atoms with van der Waals surface area (Å²) in [6, 6.07) is 1.63. The van der Waals surface area contributed by atoms with E-state index < -0.39 is 10.8 Å². The molecule has 0 saturated carbocycles. The van der Waals surface area contributed by atoms with Crippen LogP contribution >= 0.6 is 0 Å². The summed E-state index contributed by atoms with van der Waals surface area (Å²) in [6.07, 6.45) is 4.13. The molecule has 1 unspecified atom stereocenters. The lowest BCUT2D eigenvalue weighted by molar-refractivity contribution is 0.685. The molecule has 0 fully saturated rings. The number of rotatable bonds is 5. The summed E-state index contributed by atoms with van der Waals surface area (Å²) in [4.78, 5) is 7.95. The Morgan fingerprint density at radius 3 is 3.07 bits per heavy atom. The molecule has 1 aromatic rings. The van der Waals surface area contributed by atoms with Crippen LogP contribution in [0.25, 0.3) is 0 Å². The molecular formula is C8H14N4OS. The predicted octanol–water partition coefficient (Wildman–Crippen LogP) is 0.239. The quantitative estimate of drug-likeness (QED) is 0.686. The first-order chi connectivity index (χ1) is 6.68. The van der Waals surface area contributed by atoms with Gasteiger partial charge in [-0.05, 0) is 12.5 Å². The van der Waals surface area contributed by atoms with Gasteiger partial charge in [-0.2, -0.15) is 4.98 Å². The number of nitrogens with zero attached hydrogens (tertiary/aromatic N) is 2. The first-order valence-corrected chi connectivity index (χ1v) is 6.03. The van der Waals surface area contributed by atoms with Gasteiger partial charge in [-0.25, -0.2) is 4.98 Å². The van der Waals surface area contributed by atoms with Crippen molar-refractivity contribution in [3.8, 4) is 0 Å². The van der Waals surface area contributed by atoms with Gasteiger partial charge in [0.15, 0.2) is 0 Å². The summed E-state index contributed by atoms with van der Waals surface area (Å²) < 4.78 is 10.7. The molecule has 1 heterocycles. The van der Waals surface area contributed by atoms with Crippen molar-refractivity contribution in [3.63, 3.8) is 0 Å². The smallest absolute Gasteiger partial charge is 0.224 e. The number of nitrogen functional groups attached to an aromatic ring is 1. The zero-order chi connectivity index (χ0) is 10.4. The SMILES string of the molecule is CS(=O)CCCNc1nccc(N)n1. The van der Waals surface area contributed by atoms with Gasteiger partial charge in [-0.15, -0.1) is 0 Å². The maximum absolute atomic E-state index is 10.7. The van der Waals surface area contributed by atoms with Gasteiger partial charge < -0.3 is 11.1 Å². The lowest BCUT2D eigenvalue weighted by Gasteiger charge is -2.03. The lowest BCUT2D eigenvalue weighted by Crippen LogP contribution is -2.09. The van der Waals surface area contributed by atoms with Crippen LogP contribution in [0.2, 0.25) is 0 Å². The van der Waals surface area contributed by atoms with Gasteiger partial charge in [-0.3, -0.25) is 4.21 Å². The maximum atomic E-state index is 10.7. The van der Waals surface area contributed by atoms with Crippen LogP contribution in [0.15, 0.2) is 12.3 Å². The molecule has 0 amide bonds. The highest BCUT2D eigenvalue weighted by Crippen LogP contribution is 2.00. The minimum atomic E-state index is -0.733. The molecule has 1 rings (SSSR count). The molecule has 0 aromatic carbocycles. The second-order valence-electron chi connectivity index (χ2n) is 2.86. The van der Waals surface area contributed by atoms with Crippen molar-refractivity contribution < 1.29 is 4.21 Å². The summed E-state index contributed by atoms with van der Waals surface area (Å²) >= 11 is 0. The average molecular weight is 214 g/mol. The van der Waals surface area contributed by atoms with E-state index in [0.29, 0.717) is 24.1 Å². The molecule has 0 bridgehead atoms. The van der Waals surface area contributed by atoms with Crippen LogP contribution in [0.5, 0.6) is 0 Å². The largest absolute Gasteiger partial charge is 0.384 e. The van der Waals surface area contributed by atoms with Crippen molar-refractivity contribution in [1.29, 1.82) is 0 Å². The van der Waals surface area contributed by atoms with E-state index in [1.54, 1.807) is 18.5 Å². The molecule has 3 N–H and O–H groups in total. The van der Waals surface area contributed by atoms with Crippen molar-refractivity contribution >= 4 is 22.6 Å². The molecule has 14 heavy (non-hydrogen) atoms. The number of aromatic nitrogens is 2. The lowest BCUT2D eigenvalue weighted by atomic mass is 10.5. The van der Waals surface area contributed by atoms with Crippen LogP contribution in [0.1, 0.15) is 6.42 Å². The van der Waals surface area contributed by atoms with Crippen molar-refractivity contribution in [3.05, 3.63) is 12.3 Å². The Labute approximate surface area is 85.6 Å². The molecule has 0 radical (unpaired) electrons. The zero-order valence-electron chi connectivity index (χ0n) is 8.06. The van der Waals surface area contributed by atoms with Crippen LogP contribution in [0.4, 0.5) is 11.8 Å². The summed E-state index contributed by atoms with van der Waals surface area (Å²) in [5, 5.41) is 3.00. The van der Waals surface area contributed by atoms with Crippen molar-refractivity contribution in [2.24, 2.45) is 0 Å². The summed E-state index contributed by atoms with van der Waals surface area (Å²) in [7, 11) is -0.733. The van der Waals surface area contributed by atoms with Crippen LogP contribution in [0, 0.1) is 0 Å². The molecule has 0 aliphatic carbocycles. The highest BCUT2D eigenvalue weighted by Gasteiger charge is 1.96. The number of nitrogens with one attached hydrogen (secondary N) is 1. The molecule has 6 heteroatoms. The fraction of sp³-hybridized carbons (Fsp3) is 0.500. The zero-order valence-corrected chi connectivity index (χ0v) is 8.88. The average Bonchev–Trinajstić information content (AvgIpc) is 2.12. The van der Waals surface area contributed by atoms with Gasteiger partial charge in [0.25, 0.3) is 0 Å². The monoisotopic (exact) mass is 214 g/mol. The topological polar surface area (TPSA) is 80.9 Å². The molecular weight excluding hydrogens is 200 g/mol. The Bertz CT molecular complexity index is 318. The minimum Gasteiger partial charge on any atom is -0.384 e. The van der Waals surface area contributed by atoms with Gasteiger partial charge in [0, 0.05) is 35.5 Å². The van der Waals surface area contributed by atoms with Crippen molar-refractivity contribution in [1.82, 2.24) is 9.97 Å². The van der Waals surface area contributed by atoms with Gasteiger partial charge >= 0.3 is 0 Å². The Hall–Kier alpha value is -1.17. The van der Waals surface area contributed by atoms with E-state index in [2.05, 4.69) is 15.3 Å². The first-order valence-electron chi connectivity index (χ1n) is 4.31. The molecule has 5 nitrogen and oxygen atoms in total. The van der Waals surface area contributed by atoms with E-state index in [1.807, 2.05) is 0 Å². The van der Waals surface area contributed by atoms with Crippen LogP contribution in [-0.4, -0.2) is 32.7 Å². The maximum Gasteiger partial charge on any atom is 0.224 e. The van der Waals surface area contributed by atoms with Crippen LogP contribution in [0.3, 0.4) is 0 Å². The van der Waals surface area contributed by atoms with Crippen LogP contribution < -0.4 is 11.1 Å². The van der Waals surface area contributed by atoms with E-state index in [0.717, 1.165) is 6.42 Å². The Balaban J connectivity index is 2.28. The molecule has 78 valence electrons. The standard InChI is InChI=1S/C8H14N4OS/c1-14(13)6-2-4-10-8-11-5-3-7(9)12-8/h3,5H,2,4,6H2,1H3,(H3,9,10,11,12). The van der Waals surface area contributed by atoms with E-state index in [4.69, 9.17) is 5.73 Å². The number of anilines is 2. The van der Waals surface area contributed by atoms with Crippen molar-refractivity contribution in [2.45, 2.75) is 6.42 Å². The van der Waals surface area contributed by atoms with E-state index in [9.17, 15) is 4.21 Å². The summed E-state index contributed by atoms with van der Waals surface area (Å²) in [6.45, 7) is 0.711. The molecule has 0 aliphatic rings. The van der Waals surface area contributed by atoms with E-state index in [1.165, 1.54) is 0 Å². The van der Waals surface area contributed by atoms with Crippen LogP contribution in [-0.2, 0) is 10.8 Å².